The smallest absolute Gasteiger partial charge is 0.318 e. The Labute approximate surface area is 100 Å². The van der Waals surface area contributed by atoms with Crippen LogP contribution in [0.1, 0.15) is 5.56 Å². The van der Waals surface area contributed by atoms with Crippen LogP contribution < -0.4 is 10.6 Å². The van der Waals surface area contributed by atoms with Gasteiger partial charge in [0.25, 0.3) is 0 Å². The zero-order chi connectivity index (χ0) is 12.0. The second kappa shape index (κ2) is 5.79. The van der Waals surface area contributed by atoms with Gasteiger partial charge in [0.05, 0.1) is 6.54 Å². The number of rotatable bonds is 4. The lowest BCUT2D eigenvalue weighted by atomic mass is 10.2. The van der Waals surface area contributed by atoms with Crippen LogP contribution in [-0.2, 0) is 6.54 Å². The summed E-state index contributed by atoms with van der Waals surface area (Å²) < 4.78 is 24.6. The lowest BCUT2D eigenvalue weighted by molar-refractivity contribution is 0.115. The van der Waals surface area contributed by atoms with Gasteiger partial charge in [-0.15, -0.1) is 0 Å². The molecule has 6 heteroatoms. The fourth-order valence-corrected chi connectivity index (χ4v) is 1.16. The molecule has 0 unspecified atom stereocenters. The van der Waals surface area contributed by atoms with E-state index in [1.54, 1.807) is 0 Å². The van der Waals surface area contributed by atoms with Crippen molar-refractivity contribution in [3.63, 3.8) is 0 Å². The van der Waals surface area contributed by atoms with Crippen molar-refractivity contribution >= 4 is 22.0 Å². The van der Waals surface area contributed by atoms with E-state index in [0.29, 0.717) is 6.54 Å². The highest BCUT2D eigenvalue weighted by Gasteiger charge is 2.24. The number of nitrogens with one attached hydrogen (secondary N) is 2. The summed E-state index contributed by atoms with van der Waals surface area (Å²) in [4.78, 5) is 8.01. The number of urea groups is 1. The first kappa shape index (κ1) is 12.9. The van der Waals surface area contributed by atoms with Crippen molar-refractivity contribution in [1.82, 2.24) is 10.6 Å². The number of carbonyl (C=O) groups excluding carboxylic acids is 1. The van der Waals surface area contributed by atoms with Crippen molar-refractivity contribution in [1.29, 1.82) is 0 Å². The Morgan fingerprint density at radius 3 is 2.44 bits per heavy atom. The average molecular weight is 293 g/mol. The van der Waals surface area contributed by atoms with Gasteiger partial charge in [-0.05, 0) is 21.5 Å². The van der Waals surface area contributed by atoms with Crippen molar-refractivity contribution < 1.29 is 13.6 Å². The Bertz CT molecular complexity index is 340. The van der Waals surface area contributed by atoms with E-state index in [2.05, 4.69) is 21.2 Å². The Morgan fingerprint density at radius 1 is 1.25 bits per heavy atom. The molecule has 0 aliphatic rings. The van der Waals surface area contributed by atoms with Gasteiger partial charge in [0, 0.05) is 6.54 Å². The molecule has 0 spiro atoms. The number of halogens is 3. The van der Waals surface area contributed by atoms with Crippen molar-refractivity contribution in [3.05, 3.63) is 35.9 Å². The molecule has 1 aromatic rings. The first-order valence-corrected chi connectivity index (χ1v) is 5.39. The van der Waals surface area contributed by atoms with Gasteiger partial charge >= 0.3 is 10.9 Å². The van der Waals surface area contributed by atoms with Crippen molar-refractivity contribution in [2.45, 2.75) is 11.4 Å². The first-order valence-electron chi connectivity index (χ1n) is 4.60. The third-order valence-electron chi connectivity index (χ3n) is 1.75. The van der Waals surface area contributed by atoms with Gasteiger partial charge in [0.2, 0.25) is 0 Å². The zero-order valence-electron chi connectivity index (χ0n) is 8.34. The van der Waals surface area contributed by atoms with Crippen molar-refractivity contribution in [2.24, 2.45) is 0 Å². The normalized spacial score (nSPS) is 10.9. The summed E-state index contributed by atoms with van der Waals surface area (Å²) >= 11 is 2.13. The summed E-state index contributed by atoms with van der Waals surface area (Å²) in [6.07, 6.45) is 0. The third-order valence-corrected chi connectivity index (χ3v) is 2.03. The summed E-state index contributed by atoms with van der Waals surface area (Å²) in [5.74, 6) is 0. The molecule has 0 saturated heterocycles. The highest BCUT2D eigenvalue weighted by molar-refractivity contribution is 9.10. The summed E-state index contributed by atoms with van der Waals surface area (Å²) in [5, 5.41) is 4.51. The van der Waals surface area contributed by atoms with Crippen molar-refractivity contribution in [3.8, 4) is 0 Å². The van der Waals surface area contributed by atoms with E-state index in [1.807, 2.05) is 35.6 Å². The number of benzene rings is 1. The summed E-state index contributed by atoms with van der Waals surface area (Å²) in [6, 6.07) is 8.57. The molecule has 3 nitrogen and oxygen atoms in total. The van der Waals surface area contributed by atoms with Crippen LogP contribution in [0.5, 0.6) is 0 Å². The lowest BCUT2D eigenvalue weighted by Crippen LogP contribution is -2.39. The van der Waals surface area contributed by atoms with E-state index < -0.39 is 17.4 Å². The van der Waals surface area contributed by atoms with Crippen LogP contribution in [0.2, 0.25) is 0 Å². The van der Waals surface area contributed by atoms with Crippen LogP contribution in [0.3, 0.4) is 0 Å². The summed E-state index contributed by atoms with van der Waals surface area (Å²) in [6.45, 7) is -0.436. The Kier molecular flexibility index (Phi) is 4.67. The second-order valence-corrected chi connectivity index (χ2v) is 4.30. The number of carbonyl (C=O) groups is 1. The van der Waals surface area contributed by atoms with E-state index in [0.717, 1.165) is 5.56 Å². The molecule has 1 rings (SSSR count). The highest BCUT2D eigenvalue weighted by Crippen LogP contribution is 2.19. The van der Waals surface area contributed by atoms with Gasteiger partial charge in [0.1, 0.15) is 0 Å². The number of hydrogen-bond acceptors (Lipinski definition) is 1. The SMILES string of the molecule is O=C(NCc1ccccc1)NCC(F)(F)Br. The van der Waals surface area contributed by atoms with E-state index in [4.69, 9.17) is 0 Å². The van der Waals surface area contributed by atoms with Crippen LogP contribution in [0.15, 0.2) is 30.3 Å². The Hall–Kier alpha value is -1.17. The quantitative estimate of drug-likeness (QED) is 0.823. The predicted molar refractivity (Wildman–Crippen MR) is 60.6 cm³/mol. The highest BCUT2D eigenvalue weighted by atomic mass is 79.9. The summed E-state index contributed by atoms with van der Waals surface area (Å²) in [5.41, 5.74) is 0.906. The topological polar surface area (TPSA) is 41.1 Å². The van der Waals surface area contributed by atoms with Crippen molar-refractivity contribution in [2.75, 3.05) is 6.54 Å². The zero-order valence-corrected chi connectivity index (χ0v) is 9.93. The molecule has 0 bridgehead atoms. The molecule has 0 fully saturated rings. The third kappa shape index (κ3) is 5.65. The number of amides is 2. The minimum atomic E-state index is -3.07. The van der Waals surface area contributed by atoms with Crippen LogP contribution >= 0.6 is 15.9 Å². The molecule has 0 aromatic heterocycles. The van der Waals surface area contributed by atoms with E-state index in [1.165, 1.54) is 0 Å². The molecule has 1 aromatic carbocycles. The van der Waals surface area contributed by atoms with Crippen LogP contribution in [0.4, 0.5) is 13.6 Å². The largest absolute Gasteiger partial charge is 0.334 e. The maximum absolute atomic E-state index is 12.3. The maximum atomic E-state index is 12.3. The Morgan fingerprint density at radius 2 is 1.88 bits per heavy atom. The molecule has 0 atom stereocenters. The van der Waals surface area contributed by atoms with Crippen LogP contribution in [0.25, 0.3) is 0 Å². The van der Waals surface area contributed by atoms with E-state index in [-0.39, 0.29) is 0 Å². The molecule has 2 N–H and O–H groups in total. The van der Waals surface area contributed by atoms with Crippen LogP contribution in [0, 0.1) is 0 Å². The Balaban J connectivity index is 2.26. The number of alkyl halides is 3. The lowest BCUT2D eigenvalue weighted by Gasteiger charge is -2.10. The van der Waals surface area contributed by atoms with Gasteiger partial charge in [0.15, 0.2) is 0 Å². The van der Waals surface area contributed by atoms with Crippen LogP contribution in [-0.4, -0.2) is 17.4 Å². The second-order valence-electron chi connectivity index (χ2n) is 3.14. The number of hydrogen-bond donors (Lipinski definition) is 2. The average Bonchev–Trinajstić information content (AvgIpc) is 2.24. The van der Waals surface area contributed by atoms with Gasteiger partial charge in [-0.2, -0.15) is 8.78 Å². The molecule has 88 valence electrons. The fourth-order valence-electron chi connectivity index (χ4n) is 1.02. The minimum Gasteiger partial charge on any atom is -0.334 e. The predicted octanol–water partition coefficient (Wildman–Crippen LogP) is 2.47. The molecule has 16 heavy (non-hydrogen) atoms. The van der Waals surface area contributed by atoms with Gasteiger partial charge < -0.3 is 10.6 Å². The fraction of sp³-hybridized carbons (Fsp3) is 0.300. The molecular weight excluding hydrogens is 282 g/mol. The molecule has 0 heterocycles. The first-order chi connectivity index (χ1) is 7.47. The molecule has 0 aliphatic heterocycles. The molecule has 0 radical (unpaired) electrons. The van der Waals surface area contributed by atoms with E-state index in [9.17, 15) is 13.6 Å². The maximum Gasteiger partial charge on any atom is 0.318 e. The van der Waals surface area contributed by atoms with Gasteiger partial charge in [-0.25, -0.2) is 4.79 Å². The monoisotopic (exact) mass is 292 g/mol. The van der Waals surface area contributed by atoms with Gasteiger partial charge in [-0.3, -0.25) is 0 Å². The molecule has 0 saturated carbocycles. The van der Waals surface area contributed by atoms with Gasteiger partial charge in [-0.1, -0.05) is 30.3 Å². The molecule has 0 aliphatic carbocycles. The summed E-state index contributed by atoms with van der Waals surface area (Å²) in [7, 11) is 0. The standard InChI is InChI=1S/C10H11BrF2N2O/c11-10(12,13)7-15-9(16)14-6-8-4-2-1-3-5-8/h1-5H,6-7H2,(H2,14,15,16). The molecular formula is C10H11BrF2N2O. The molecule has 2 amide bonds. The minimum absolute atomic E-state index is 0.306. The van der Waals surface area contributed by atoms with E-state index >= 15 is 0 Å².